The second kappa shape index (κ2) is 9.22. The normalized spacial score (nSPS) is 11.1. The number of nitrogens with one attached hydrogen (secondary N) is 1. The van der Waals surface area contributed by atoms with Crippen LogP contribution in [0.2, 0.25) is 0 Å². The molecule has 1 amide bonds. The summed E-state index contributed by atoms with van der Waals surface area (Å²) < 4.78 is 32.5. The average Bonchev–Trinajstić information content (AvgIpc) is 2.78. The van der Waals surface area contributed by atoms with Gasteiger partial charge in [0.1, 0.15) is 5.75 Å². The minimum atomic E-state index is -3.75. The van der Waals surface area contributed by atoms with E-state index < -0.39 is 10.0 Å². The summed E-state index contributed by atoms with van der Waals surface area (Å²) in [7, 11) is -0.650. The van der Waals surface area contributed by atoms with Crippen molar-refractivity contribution in [3.63, 3.8) is 0 Å². The highest BCUT2D eigenvalue weighted by atomic mass is 32.2. The molecule has 162 valence electrons. The number of benzene rings is 3. The number of sulfonamides is 1. The molecule has 0 heterocycles. The molecule has 3 rings (SSSR count). The number of carbonyl (C=O) groups excluding carboxylic acids is 1. The van der Waals surface area contributed by atoms with E-state index in [0.29, 0.717) is 17.8 Å². The van der Waals surface area contributed by atoms with Gasteiger partial charge in [0, 0.05) is 19.2 Å². The molecule has 0 spiro atoms. The highest BCUT2D eigenvalue weighted by molar-refractivity contribution is 7.92. The van der Waals surface area contributed by atoms with Crippen molar-refractivity contribution in [2.45, 2.75) is 25.3 Å². The molecule has 0 fully saturated rings. The Morgan fingerprint density at radius 1 is 0.968 bits per heavy atom. The first kappa shape index (κ1) is 22.4. The van der Waals surface area contributed by atoms with E-state index in [4.69, 9.17) is 4.74 Å². The molecule has 0 unspecified atom stereocenters. The van der Waals surface area contributed by atoms with E-state index in [2.05, 4.69) is 5.32 Å². The number of ether oxygens (including phenoxy) is 1. The molecule has 0 aromatic heterocycles. The summed E-state index contributed by atoms with van der Waals surface area (Å²) in [5.41, 5.74) is 3.51. The lowest BCUT2D eigenvalue weighted by Gasteiger charge is -2.22. The first-order chi connectivity index (χ1) is 14.7. The van der Waals surface area contributed by atoms with Crippen molar-refractivity contribution in [3.8, 4) is 5.75 Å². The molecule has 31 heavy (non-hydrogen) atoms. The van der Waals surface area contributed by atoms with E-state index in [-0.39, 0.29) is 10.8 Å². The maximum absolute atomic E-state index is 13.1. The maximum Gasteiger partial charge on any atom is 0.264 e. The molecule has 0 aliphatic heterocycles. The van der Waals surface area contributed by atoms with Crippen molar-refractivity contribution in [1.82, 2.24) is 5.32 Å². The molecule has 0 aliphatic rings. The largest absolute Gasteiger partial charge is 0.497 e. The third kappa shape index (κ3) is 5.06. The minimum absolute atomic E-state index is 0.203. The lowest BCUT2D eigenvalue weighted by atomic mass is 10.1. The van der Waals surface area contributed by atoms with Gasteiger partial charge in [0.05, 0.1) is 17.7 Å². The summed E-state index contributed by atoms with van der Waals surface area (Å²) in [5.74, 6) is 0.467. The van der Waals surface area contributed by atoms with E-state index >= 15 is 0 Å². The van der Waals surface area contributed by atoms with Crippen molar-refractivity contribution in [2.24, 2.45) is 0 Å². The van der Waals surface area contributed by atoms with Crippen molar-refractivity contribution in [1.29, 1.82) is 0 Å². The van der Waals surface area contributed by atoms with Gasteiger partial charge in [-0.05, 0) is 61.4 Å². The number of rotatable bonds is 7. The number of nitrogens with zero attached hydrogens (tertiary/aromatic N) is 1. The monoisotopic (exact) mass is 438 g/mol. The number of methoxy groups -OCH3 is 1. The number of carbonyl (C=O) groups is 1. The Morgan fingerprint density at radius 2 is 1.61 bits per heavy atom. The number of amides is 1. The van der Waals surface area contributed by atoms with Gasteiger partial charge in [0.15, 0.2) is 0 Å². The van der Waals surface area contributed by atoms with Gasteiger partial charge in [-0.1, -0.05) is 35.9 Å². The molecule has 3 aromatic rings. The van der Waals surface area contributed by atoms with E-state index in [9.17, 15) is 13.2 Å². The summed E-state index contributed by atoms with van der Waals surface area (Å²) in [6, 6.07) is 19.1. The molecule has 0 aliphatic carbocycles. The first-order valence-electron chi connectivity index (χ1n) is 9.80. The quantitative estimate of drug-likeness (QED) is 0.603. The Kier molecular flexibility index (Phi) is 6.65. The number of anilines is 1. The third-order valence-corrected chi connectivity index (χ3v) is 6.89. The van der Waals surface area contributed by atoms with E-state index in [0.717, 1.165) is 22.4 Å². The van der Waals surface area contributed by atoms with Crippen LogP contribution in [0, 0.1) is 13.8 Å². The molecular formula is C24H26N2O4S. The van der Waals surface area contributed by atoms with Crippen LogP contribution in [0.15, 0.2) is 71.6 Å². The lowest BCUT2D eigenvalue weighted by molar-refractivity contribution is 0.0951. The standard InChI is InChI=1S/C24H26N2O4S/c1-17-5-13-22(14-6-17)31(28,29)26(3)23-15-20(10-7-18(23)2)24(27)25-16-19-8-11-21(30-4)12-9-19/h5-15H,16H2,1-4H3,(H,25,27). The summed E-state index contributed by atoms with van der Waals surface area (Å²) in [5, 5.41) is 2.87. The fourth-order valence-corrected chi connectivity index (χ4v) is 4.37. The fourth-order valence-electron chi connectivity index (χ4n) is 3.12. The van der Waals surface area contributed by atoms with Crippen LogP contribution >= 0.6 is 0 Å². The first-order valence-corrected chi connectivity index (χ1v) is 11.2. The summed E-state index contributed by atoms with van der Waals surface area (Å²) >= 11 is 0. The van der Waals surface area contributed by atoms with Crippen LogP contribution in [0.25, 0.3) is 0 Å². The molecule has 7 heteroatoms. The van der Waals surface area contributed by atoms with Crippen LogP contribution in [0.4, 0.5) is 5.69 Å². The van der Waals surface area contributed by atoms with Gasteiger partial charge in [-0.2, -0.15) is 0 Å². The van der Waals surface area contributed by atoms with Crippen LogP contribution in [-0.4, -0.2) is 28.5 Å². The van der Waals surface area contributed by atoms with Crippen molar-refractivity contribution in [2.75, 3.05) is 18.5 Å². The van der Waals surface area contributed by atoms with Crippen molar-refractivity contribution in [3.05, 3.63) is 89.0 Å². The van der Waals surface area contributed by atoms with E-state index in [1.165, 1.54) is 11.4 Å². The topological polar surface area (TPSA) is 75.7 Å². The van der Waals surface area contributed by atoms with Crippen molar-refractivity contribution >= 4 is 21.6 Å². The third-order valence-electron chi connectivity index (χ3n) is 5.10. The number of hydrogen-bond acceptors (Lipinski definition) is 4. The number of hydrogen-bond donors (Lipinski definition) is 1. The lowest BCUT2D eigenvalue weighted by Crippen LogP contribution is -2.28. The molecule has 0 saturated carbocycles. The second-order valence-electron chi connectivity index (χ2n) is 7.32. The zero-order valence-corrected chi connectivity index (χ0v) is 18.9. The maximum atomic E-state index is 13.1. The average molecular weight is 439 g/mol. The van der Waals surface area contributed by atoms with Crippen LogP contribution < -0.4 is 14.4 Å². The number of aryl methyl sites for hydroxylation is 2. The predicted octanol–water partition coefficient (Wildman–Crippen LogP) is 4.07. The highest BCUT2D eigenvalue weighted by Crippen LogP contribution is 2.27. The molecular weight excluding hydrogens is 412 g/mol. The SMILES string of the molecule is COc1ccc(CNC(=O)c2ccc(C)c(N(C)S(=O)(=O)c3ccc(C)cc3)c2)cc1. The van der Waals surface area contributed by atoms with Crippen LogP contribution in [-0.2, 0) is 16.6 Å². The van der Waals surface area contributed by atoms with Crippen LogP contribution in [0.3, 0.4) is 0 Å². The summed E-state index contributed by atoms with van der Waals surface area (Å²) in [6.45, 7) is 4.07. The summed E-state index contributed by atoms with van der Waals surface area (Å²) in [4.78, 5) is 12.9. The van der Waals surface area contributed by atoms with Gasteiger partial charge >= 0.3 is 0 Å². The van der Waals surface area contributed by atoms with Gasteiger partial charge in [-0.15, -0.1) is 0 Å². The molecule has 0 saturated heterocycles. The molecule has 0 atom stereocenters. The Bertz CT molecular complexity index is 1170. The van der Waals surface area contributed by atoms with Gasteiger partial charge in [0.2, 0.25) is 0 Å². The zero-order chi connectivity index (χ0) is 22.6. The van der Waals surface area contributed by atoms with Gasteiger partial charge in [-0.25, -0.2) is 8.42 Å². The fraction of sp³-hybridized carbons (Fsp3) is 0.208. The highest BCUT2D eigenvalue weighted by Gasteiger charge is 2.23. The van der Waals surface area contributed by atoms with Crippen LogP contribution in [0.1, 0.15) is 27.0 Å². The molecule has 0 bridgehead atoms. The van der Waals surface area contributed by atoms with E-state index in [1.807, 2.05) is 38.1 Å². The van der Waals surface area contributed by atoms with Gasteiger partial charge in [0.25, 0.3) is 15.9 Å². The Labute approximate surface area is 183 Å². The zero-order valence-electron chi connectivity index (χ0n) is 18.0. The smallest absolute Gasteiger partial charge is 0.264 e. The molecule has 6 nitrogen and oxygen atoms in total. The predicted molar refractivity (Wildman–Crippen MR) is 122 cm³/mol. The molecule has 3 aromatic carbocycles. The second-order valence-corrected chi connectivity index (χ2v) is 9.29. The van der Waals surface area contributed by atoms with Gasteiger partial charge in [-0.3, -0.25) is 9.10 Å². The Balaban J connectivity index is 1.80. The van der Waals surface area contributed by atoms with Gasteiger partial charge < -0.3 is 10.1 Å². The molecule has 1 N–H and O–H groups in total. The Morgan fingerprint density at radius 3 is 2.23 bits per heavy atom. The van der Waals surface area contributed by atoms with E-state index in [1.54, 1.807) is 49.6 Å². The minimum Gasteiger partial charge on any atom is -0.497 e. The van der Waals surface area contributed by atoms with Crippen LogP contribution in [0.5, 0.6) is 5.75 Å². The van der Waals surface area contributed by atoms with Crippen molar-refractivity contribution < 1.29 is 17.9 Å². The molecule has 0 radical (unpaired) electrons. The summed E-state index contributed by atoms with van der Waals surface area (Å²) in [6.07, 6.45) is 0. The Hall–Kier alpha value is -3.32.